The number of rotatable bonds is 2. The number of hydrogen-bond acceptors (Lipinski definition) is 2. The van der Waals surface area contributed by atoms with Gasteiger partial charge in [-0.1, -0.05) is 0 Å². The van der Waals surface area contributed by atoms with Gasteiger partial charge in [-0.15, -0.1) is 0 Å². The van der Waals surface area contributed by atoms with Crippen LogP contribution in [0.5, 0.6) is 0 Å². The zero-order chi connectivity index (χ0) is 10.9. The van der Waals surface area contributed by atoms with Gasteiger partial charge < -0.3 is 10.8 Å². The van der Waals surface area contributed by atoms with Crippen molar-refractivity contribution in [3.8, 4) is 0 Å². The van der Waals surface area contributed by atoms with Crippen LogP contribution in [-0.4, -0.2) is 11.2 Å². The molecule has 5 heteroatoms. The summed E-state index contributed by atoms with van der Waals surface area (Å²) in [7, 11) is 0. The summed E-state index contributed by atoms with van der Waals surface area (Å²) in [6.07, 6.45) is -0.843. The smallest absolute Gasteiger partial charge is 0.139 e. The highest BCUT2D eigenvalue weighted by Gasteiger charge is 2.18. The van der Waals surface area contributed by atoms with Gasteiger partial charge in [0.05, 0.1) is 15.7 Å². The van der Waals surface area contributed by atoms with Crippen LogP contribution in [0.3, 0.4) is 0 Å². The Morgan fingerprint density at radius 3 is 2.50 bits per heavy atom. The van der Waals surface area contributed by atoms with Gasteiger partial charge in [0.1, 0.15) is 11.6 Å². The first-order valence-electron chi connectivity index (χ1n) is 4.01. The van der Waals surface area contributed by atoms with Crippen molar-refractivity contribution in [1.29, 1.82) is 0 Å². The van der Waals surface area contributed by atoms with E-state index in [0.29, 0.717) is 0 Å². The van der Waals surface area contributed by atoms with Gasteiger partial charge in [-0.05, 0) is 41.1 Å². The minimum absolute atomic E-state index is 0.248. The lowest BCUT2D eigenvalue weighted by Crippen LogP contribution is -2.24. The van der Waals surface area contributed by atoms with Gasteiger partial charge in [-0.3, -0.25) is 0 Å². The van der Waals surface area contributed by atoms with E-state index in [0.717, 1.165) is 12.1 Å². The Morgan fingerprint density at radius 1 is 1.43 bits per heavy atom. The Morgan fingerprint density at radius 2 is 2.00 bits per heavy atom. The average Bonchev–Trinajstić information content (AvgIpc) is 2.09. The summed E-state index contributed by atoms with van der Waals surface area (Å²) in [6.45, 7) is 1.48. The van der Waals surface area contributed by atoms with Gasteiger partial charge >= 0.3 is 0 Å². The van der Waals surface area contributed by atoms with E-state index in [-0.39, 0.29) is 9.13 Å². The highest BCUT2D eigenvalue weighted by atomic mass is 127. The molecule has 0 aliphatic rings. The predicted molar refractivity (Wildman–Crippen MR) is 57.7 cm³/mol. The monoisotopic (exact) mass is 313 g/mol. The third-order valence-electron chi connectivity index (χ3n) is 1.90. The molecular formula is C9H10F2INO. The highest BCUT2D eigenvalue weighted by Crippen LogP contribution is 2.24. The van der Waals surface area contributed by atoms with Crippen LogP contribution < -0.4 is 5.73 Å². The largest absolute Gasteiger partial charge is 0.391 e. The first-order valence-corrected chi connectivity index (χ1v) is 5.09. The van der Waals surface area contributed by atoms with Crippen molar-refractivity contribution in [2.24, 2.45) is 5.73 Å². The normalized spacial score (nSPS) is 15.3. The molecule has 1 aromatic rings. The van der Waals surface area contributed by atoms with E-state index in [1.54, 1.807) is 22.6 Å². The topological polar surface area (TPSA) is 46.2 Å². The van der Waals surface area contributed by atoms with Crippen molar-refractivity contribution in [3.05, 3.63) is 32.9 Å². The van der Waals surface area contributed by atoms with Crippen molar-refractivity contribution in [1.82, 2.24) is 0 Å². The fraction of sp³-hybridized carbons (Fsp3) is 0.333. The van der Waals surface area contributed by atoms with Crippen LogP contribution in [0.15, 0.2) is 12.1 Å². The van der Waals surface area contributed by atoms with E-state index >= 15 is 0 Å². The Bertz CT molecular complexity index is 344. The van der Waals surface area contributed by atoms with E-state index in [1.807, 2.05) is 0 Å². The summed E-state index contributed by atoms with van der Waals surface area (Å²) in [5, 5.41) is 9.21. The summed E-state index contributed by atoms with van der Waals surface area (Å²) in [6, 6.07) is 1.16. The lowest BCUT2D eigenvalue weighted by Gasteiger charge is -2.17. The fourth-order valence-electron chi connectivity index (χ4n) is 1.08. The zero-order valence-electron chi connectivity index (χ0n) is 7.47. The number of halogens is 3. The standard InChI is InChI=1S/C9H10F2INO/c1-4(14)9(13)6-2-5(10)3-7(11)8(6)12/h2-4,9,14H,13H2,1H3/t4-,9-/m0/s1. The molecule has 0 heterocycles. The zero-order valence-corrected chi connectivity index (χ0v) is 9.63. The van der Waals surface area contributed by atoms with Gasteiger partial charge in [0.15, 0.2) is 0 Å². The molecule has 1 rings (SSSR count). The van der Waals surface area contributed by atoms with E-state index in [9.17, 15) is 13.9 Å². The molecule has 0 radical (unpaired) electrons. The van der Waals surface area contributed by atoms with Gasteiger partial charge in [0, 0.05) is 6.07 Å². The third-order valence-corrected chi connectivity index (χ3v) is 3.04. The molecular weight excluding hydrogens is 303 g/mol. The van der Waals surface area contributed by atoms with Gasteiger partial charge in [0.25, 0.3) is 0 Å². The molecule has 78 valence electrons. The maximum atomic E-state index is 13.1. The second-order valence-electron chi connectivity index (χ2n) is 3.06. The van der Waals surface area contributed by atoms with Gasteiger partial charge in [0.2, 0.25) is 0 Å². The second-order valence-corrected chi connectivity index (χ2v) is 4.14. The Labute approximate surface area is 94.3 Å². The van der Waals surface area contributed by atoms with E-state index in [2.05, 4.69) is 0 Å². The molecule has 0 aliphatic heterocycles. The van der Waals surface area contributed by atoms with Crippen molar-refractivity contribution in [2.75, 3.05) is 0 Å². The quantitative estimate of drug-likeness (QED) is 0.647. The van der Waals surface area contributed by atoms with E-state index < -0.39 is 23.8 Å². The molecule has 14 heavy (non-hydrogen) atoms. The molecule has 0 aromatic heterocycles. The molecule has 2 atom stereocenters. The lowest BCUT2D eigenvalue weighted by molar-refractivity contribution is 0.163. The van der Waals surface area contributed by atoms with E-state index in [4.69, 9.17) is 5.73 Å². The molecule has 3 N–H and O–H groups in total. The predicted octanol–water partition coefficient (Wildman–Crippen LogP) is 1.95. The molecule has 0 spiro atoms. The summed E-state index contributed by atoms with van der Waals surface area (Å²) in [5.41, 5.74) is 5.88. The highest BCUT2D eigenvalue weighted by molar-refractivity contribution is 14.1. The Kier molecular flexibility index (Phi) is 3.79. The Balaban J connectivity index is 3.20. The molecule has 0 saturated heterocycles. The van der Waals surface area contributed by atoms with Crippen molar-refractivity contribution in [2.45, 2.75) is 19.1 Å². The molecule has 0 bridgehead atoms. The maximum absolute atomic E-state index is 13.1. The molecule has 2 nitrogen and oxygen atoms in total. The summed E-state index contributed by atoms with van der Waals surface area (Å²) in [4.78, 5) is 0. The van der Waals surface area contributed by atoms with Crippen LogP contribution in [0.4, 0.5) is 8.78 Å². The summed E-state index contributed by atoms with van der Waals surface area (Å²) >= 11 is 1.74. The number of aliphatic hydroxyl groups is 1. The number of hydrogen-bond donors (Lipinski definition) is 2. The average molecular weight is 313 g/mol. The van der Waals surface area contributed by atoms with Crippen LogP contribution in [0.2, 0.25) is 0 Å². The van der Waals surface area contributed by atoms with Crippen molar-refractivity contribution < 1.29 is 13.9 Å². The first-order chi connectivity index (χ1) is 6.43. The molecule has 0 aliphatic carbocycles. The number of aliphatic hydroxyl groups excluding tert-OH is 1. The SMILES string of the molecule is C[C@H](O)[C@H](N)c1cc(F)cc(F)c1I. The number of benzene rings is 1. The number of nitrogens with two attached hydrogens (primary N) is 1. The van der Waals surface area contributed by atoms with Crippen LogP contribution in [0.25, 0.3) is 0 Å². The fourth-order valence-corrected chi connectivity index (χ4v) is 1.75. The van der Waals surface area contributed by atoms with Crippen LogP contribution in [0, 0.1) is 15.2 Å². The Hall–Kier alpha value is -0.270. The van der Waals surface area contributed by atoms with E-state index in [1.165, 1.54) is 6.92 Å². The van der Waals surface area contributed by atoms with Crippen LogP contribution in [-0.2, 0) is 0 Å². The van der Waals surface area contributed by atoms with Crippen LogP contribution >= 0.6 is 22.6 Å². The summed E-state index contributed by atoms with van der Waals surface area (Å²) in [5.74, 6) is -1.34. The minimum Gasteiger partial charge on any atom is -0.391 e. The lowest BCUT2D eigenvalue weighted by atomic mass is 10.0. The van der Waals surface area contributed by atoms with Crippen molar-refractivity contribution >= 4 is 22.6 Å². The van der Waals surface area contributed by atoms with Crippen molar-refractivity contribution in [3.63, 3.8) is 0 Å². The minimum atomic E-state index is -0.843. The maximum Gasteiger partial charge on any atom is 0.139 e. The first kappa shape index (κ1) is 11.8. The molecule has 0 saturated carbocycles. The molecule has 1 aromatic carbocycles. The molecule has 0 unspecified atom stereocenters. The molecule has 0 amide bonds. The van der Waals surface area contributed by atoms with Gasteiger partial charge in [-0.2, -0.15) is 0 Å². The van der Waals surface area contributed by atoms with Crippen LogP contribution in [0.1, 0.15) is 18.5 Å². The summed E-state index contributed by atoms with van der Waals surface area (Å²) < 4.78 is 26.2. The third kappa shape index (κ3) is 2.40. The molecule has 0 fully saturated rings. The van der Waals surface area contributed by atoms with Gasteiger partial charge in [-0.25, -0.2) is 8.78 Å². The second kappa shape index (κ2) is 4.50.